The van der Waals surface area contributed by atoms with E-state index in [4.69, 9.17) is 9.15 Å². The third-order valence-corrected chi connectivity index (χ3v) is 5.21. The summed E-state index contributed by atoms with van der Waals surface area (Å²) in [4.78, 5) is 26.5. The maximum absolute atomic E-state index is 12.2. The fourth-order valence-corrected chi connectivity index (χ4v) is 3.94. The molecule has 2 aliphatic rings. The minimum atomic E-state index is -0.349. The number of methoxy groups -OCH3 is 1. The highest BCUT2D eigenvalue weighted by Crippen LogP contribution is 2.28. The number of hydrogen-bond acceptors (Lipinski definition) is 5. The number of amides is 1. The summed E-state index contributed by atoms with van der Waals surface area (Å²) in [6.07, 6.45) is 10.0. The Morgan fingerprint density at radius 2 is 2.08 bits per heavy atom. The Morgan fingerprint density at radius 3 is 2.79 bits per heavy atom. The summed E-state index contributed by atoms with van der Waals surface area (Å²) in [6, 6.07) is 2.24. The summed E-state index contributed by atoms with van der Waals surface area (Å²) < 4.78 is 10.1. The SMILES string of the molecule is COc1coc(C(=O)NC[C@H]2CCCN2C2CCCCC2)cc1=O. The van der Waals surface area contributed by atoms with E-state index in [0.717, 1.165) is 13.0 Å². The largest absolute Gasteiger partial charge is 0.490 e. The molecule has 1 N–H and O–H groups in total. The van der Waals surface area contributed by atoms with Crippen molar-refractivity contribution in [3.63, 3.8) is 0 Å². The maximum Gasteiger partial charge on any atom is 0.287 e. The van der Waals surface area contributed by atoms with E-state index in [1.165, 1.54) is 58.0 Å². The van der Waals surface area contributed by atoms with E-state index in [-0.39, 0.29) is 22.8 Å². The summed E-state index contributed by atoms with van der Waals surface area (Å²) in [5, 5.41) is 2.92. The first-order valence-electron chi connectivity index (χ1n) is 8.90. The Kier molecular flexibility index (Phi) is 5.56. The predicted molar refractivity (Wildman–Crippen MR) is 90.5 cm³/mol. The van der Waals surface area contributed by atoms with Gasteiger partial charge in [0.1, 0.15) is 6.26 Å². The molecule has 1 saturated carbocycles. The van der Waals surface area contributed by atoms with Crippen molar-refractivity contribution in [1.29, 1.82) is 0 Å². The van der Waals surface area contributed by atoms with Crippen LogP contribution in [0.1, 0.15) is 55.5 Å². The van der Waals surface area contributed by atoms with Gasteiger partial charge in [-0.1, -0.05) is 19.3 Å². The first-order chi connectivity index (χ1) is 11.7. The van der Waals surface area contributed by atoms with Crippen molar-refractivity contribution in [2.45, 2.75) is 57.0 Å². The van der Waals surface area contributed by atoms with Crippen LogP contribution in [0.2, 0.25) is 0 Å². The molecular weight excluding hydrogens is 308 g/mol. The quantitative estimate of drug-likeness (QED) is 0.893. The Balaban J connectivity index is 1.57. The summed E-state index contributed by atoms with van der Waals surface area (Å²) in [7, 11) is 1.39. The molecule has 1 aromatic heterocycles. The van der Waals surface area contributed by atoms with Crippen LogP contribution in [0.15, 0.2) is 21.5 Å². The van der Waals surface area contributed by atoms with E-state index >= 15 is 0 Å². The van der Waals surface area contributed by atoms with Gasteiger partial charge in [-0.05, 0) is 32.2 Å². The van der Waals surface area contributed by atoms with Crippen molar-refractivity contribution in [3.8, 4) is 5.75 Å². The van der Waals surface area contributed by atoms with E-state index < -0.39 is 0 Å². The Morgan fingerprint density at radius 1 is 1.29 bits per heavy atom. The molecule has 24 heavy (non-hydrogen) atoms. The van der Waals surface area contributed by atoms with E-state index in [1.54, 1.807) is 0 Å². The van der Waals surface area contributed by atoms with Crippen molar-refractivity contribution in [1.82, 2.24) is 10.2 Å². The van der Waals surface area contributed by atoms with E-state index in [9.17, 15) is 9.59 Å². The fraction of sp³-hybridized carbons (Fsp3) is 0.667. The molecule has 1 aliphatic carbocycles. The highest BCUT2D eigenvalue weighted by molar-refractivity contribution is 5.91. The molecule has 1 amide bonds. The molecule has 1 aliphatic heterocycles. The van der Waals surface area contributed by atoms with Gasteiger partial charge in [-0.25, -0.2) is 0 Å². The van der Waals surface area contributed by atoms with Gasteiger partial charge < -0.3 is 14.5 Å². The molecule has 2 heterocycles. The van der Waals surface area contributed by atoms with Gasteiger partial charge in [-0.15, -0.1) is 0 Å². The highest BCUT2D eigenvalue weighted by Gasteiger charge is 2.31. The normalized spacial score (nSPS) is 22.5. The average Bonchev–Trinajstić information content (AvgIpc) is 3.09. The molecule has 132 valence electrons. The van der Waals surface area contributed by atoms with Crippen LogP contribution in [0.25, 0.3) is 0 Å². The van der Waals surface area contributed by atoms with Crippen LogP contribution in [0.3, 0.4) is 0 Å². The highest BCUT2D eigenvalue weighted by atomic mass is 16.5. The lowest BCUT2D eigenvalue weighted by molar-refractivity contribution is 0.0891. The van der Waals surface area contributed by atoms with Crippen LogP contribution < -0.4 is 15.5 Å². The van der Waals surface area contributed by atoms with Crippen molar-refractivity contribution in [2.75, 3.05) is 20.2 Å². The van der Waals surface area contributed by atoms with Crippen LogP contribution in [0, 0.1) is 0 Å². The Bertz CT molecular complexity index is 622. The maximum atomic E-state index is 12.2. The number of carbonyl (C=O) groups excluding carboxylic acids is 1. The number of hydrogen-bond donors (Lipinski definition) is 1. The lowest BCUT2D eigenvalue weighted by Crippen LogP contribution is -2.45. The third-order valence-electron chi connectivity index (χ3n) is 5.21. The first kappa shape index (κ1) is 17.0. The number of carbonyl (C=O) groups is 1. The molecule has 2 fully saturated rings. The van der Waals surface area contributed by atoms with Crippen LogP contribution in [-0.4, -0.2) is 43.1 Å². The topological polar surface area (TPSA) is 71.8 Å². The smallest absolute Gasteiger partial charge is 0.287 e. The second-order valence-electron chi connectivity index (χ2n) is 6.71. The zero-order valence-electron chi connectivity index (χ0n) is 14.3. The van der Waals surface area contributed by atoms with Crippen LogP contribution in [0.4, 0.5) is 0 Å². The van der Waals surface area contributed by atoms with E-state index in [0.29, 0.717) is 18.6 Å². The second kappa shape index (κ2) is 7.83. The zero-order chi connectivity index (χ0) is 16.9. The molecule has 6 heteroatoms. The van der Waals surface area contributed by atoms with Crippen LogP contribution >= 0.6 is 0 Å². The van der Waals surface area contributed by atoms with Gasteiger partial charge in [0.25, 0.3) is 5.91 Å². The molecule has 1 aromatic rings. The zero-order valence-corrected chi connectivity index (χ0v) is 14.3. The number of likely N-dealkylation sites (tertiary alicyclic amines) is 1. The molecule has 0 unspecified atom stereocenters. The van der Waals surface area contributed by atoms with Crippen molar-refractivity contribution < 1.29 is 13.9 Å². The molecule has 1 atom stereocenters. The average molecular weight is 334 g/mol. The van der Waals surface area contributed by atoms with Gasteiger partial charge in [0.2, 0.25) is 11.2 Å². The van der Waals surface area contributed by atoms with Crippen LogP contribution in [0.5, 0.6) is 5.75 Å². The van der Waals surface area contributed by atoms with Gasteiger partial charge in [0.05, 0.1) is 7.11 Å². The molecule has 1 saturated heterocycles. The minimum absolute atomic E-state index is 0.0306. The fourth-order valence-electron chi connectivity index (χ4n) is 3.94. The lowest BCUT2D eigenvalue weighted by atomic mass is 9.94. The molecular formula is C18H26N2O4. The lowest BCUT2D eigenvalue weighted by Gasteiger charge is -2.35. The summed E-state index contributed by atoms with van der Waals surface area (Å²) >= 11 is 0. The first-order valence-corrected chi connectivity index (χ1v) is 8.90. The Labute approximate surface area is 142 Å². The predicted octanol–water partition coefficient (Wildman–Crippen LogP) is 2.18. The number of nitrogens with one attached hydrogen (secondary N) is 1. The molecule has 0 bridgehead atoms. The van der Waals surface area contributed by atoms with Crippen molar-refractivity contribution in [3.05, 3.63) is 28.3 Å². The Hall–Kier alpha value is -1.82. The second-order valence-corrected chi connectivity index (χ2v) is 6.71. The molecule has 0 radical (unpaired) electrons. The summed E-state index contributed by atoms with van der Waals surface area (Å²) in [5.41, 5.74) is -0.349. The number of rotatable bonds is 5. The van der Waals surface area contributed by atoms with Gasteiger partial charge in [-0.2, -0.15) is 0 Å². The van der Waals surface area contributed by atoms with Gasteiger partial charge >= 0.3 is 0 Å². The minimum Gasteiger partial charge on any atom is -0.490 e. The number of ether oxygens (including phenoxy) is 1. The molecule has 0 aromatic carbocycles. The standard InChI is InChI=1S/C18H26N2O4/c1-23-17-12-24-16(10-15(17)21)18(22)19-11-14-8-5-9-20(14)13-6-3-2-4-7-13/h10,12-14H,2-9,11H2,1H3,(H,19,22)/t14-/m1/s1. The van der Waals surface area contributed by atoms with Crippen LogP contribution in [-0.2, 0) is 0 Å². The van der Waals surface area contributed by atoms with E-state index in [2.05, 4.69) is 10.2 Å². The van der Waals surface area contributed by atoms with Crippen molar-refractivity contribution >= 4 is 5.91 Å². The van der Waals surface area contributed by atoms with Gasteiger partial charge in [0.15, 0.2) is 5.76 Å². The monoisotopic (exact) mass is 334 g/mol. The molecule has 3 rings (SSSR count). The molecule has 6 nitrogen and oxygen atoms in total. The number of nitrogens with zero attached hydrogens (tertiary/aromatic N) is 1. The third kappa shape index (κ3) is 3.80. The van der Waals surface area contributed by atoms with E-state index in [1.807, 2.05) is 0 Å². The summed E-state index contributed by atoms with van der Waals surface area (Å²) in [6.45, 7) is 1.73. The summed E-state index contributed by atoms with van der Waals surface area (Å²) in [5.74, 6) is -0.209. The van der Waals surface area contributed by atoms with Gasteiger partial charge in [-0.3, -0.25) is 14.5 Å². The van der Waals surface area contributed by atoms with Crippen molar-refractivity contribution in [2.24, 2.45) is 0 Å². The van der Waals surface area contributed by atoms with Gasteiger partial charge in [0, 0.05) is 24.7 Å². The molecule has 0 spiro atoms.